The second-order valence-electron chi connectivity index (χ2n) is 6.30. The molecule has 1 aromatic heterocycles. The van der Waals surface area contributed by atoms with Crippen molar-refractivity contribution in [1.29, 1.82) is 0 Å². The third-order valence-corrected chi connectivity index (χ3v) is 4.95. The minimum atomic E-state index is -0.674. The monoisotopic (exact) mass is 293 g/mol. The van der Waals surface area contributed by atoms with Crippen LogP contribution in [0.2, 0.25) is 0 Å². The molecule has 0 amide bonds. The summed E-state index contributed by atoms with van der Waals surface area (Å²) in [7, 11) is 2.00. The zero-order valence-electron chi connectivity index (χ0n) is 13.6. The van der Waals surface area contributed by atoms with Gasteiger partial charge >= 0.3 is 5.97 Å². The van der Waals surface area contributed by atoms with E-state index in [0.29, 0.717) is 18.4 Å². The van der Waals surface area contributed by atoms with Gasteiger partial charge in [0.05, 0.1) is 5.69 Å². The van der Waals surface area contributed by atoms with Crippen LogP contribution in [-0.4, -0.2) is 38.8 Å². The number of aromatic nitrogens is 2. The van der Waals surface area contributed by atoms with Crippen LogP contribution < -0.4 is 0 Å². The number of nitrogens with zero attached hydrogens (tertiary/aromatic N) is 3. The summed E-state index contributed by atoms with van der Waals surface area (Å²) in [5.41, 5.74) is 3.71. The number of hydrogen-bond donors (Lipinski definition) is 1. The molecule has 118 valence electrons. The molecule has 2 rings (SSSR count). The average Bonchev–Trinajstić information content (AvgIpc) is 2.70. The number of carbonyl (C=O) groups is 1. The first-order valence-corrected chi connectivity index (χ1v) is 7.86. The van der Waals surface area contributed by atoms with Crippen LogP contribution in [0, 0.1) is 19.8 Å². The maximum Gasteiger partial charge on any atom is 0.303 e. The van der Waals surface area contributed by atoms with Crippen LogP contribution in [0.3, 0.4) is 0 Å². The molecule has 1 N–H and O–H groups in total. The molecule has 2 heterocycles. The van der Waals surface area contributed by atoms with Crippen molar-refractivity contribution in [3.05, 3.63) is 17.0 Å². The van der Waals surface area contributed by atoms with Crippen molar-refractivity contribution in [2.45, 2.75) is 52.5 Å². The van der Waals surface area contributed by atoms with Gasteiger partial charge in [0.2, 0.25) is 0 Å². The number of aryl methyl sites for hydroxylation is 2. The van der Waals surface area contributed by atoms with Crippen LogP contribution in [0.5, 0.6) is 0 Å². The summed E-state index contributed by atoms with van der Waals surface area (Å²) in [4.78, 5) is 13.2. The van der Waals surface area contributed by atoms with Crippen molar-refractivity contribution in [1.82, 2.24) is 14.7 Å². The predicted octanol–water partition coefficient (Wildman–Crippen LogP) is 2.67. The lowest BCUT2D eigenvalue weighted by atomic mass is 9.90. The fraction of sp³-hybridized carbons (Fsp3) is 0.750. The van der Waals surface area contributed by atoms with E-state index in [9.17, 15) is 4.79 Å². The Morgan fingerprint density at radius 3 is 2.48 bits per heavy atom. The number of rotatable bonds is 5. The van der Waals surface area contributed by atoms with E-state index in [2.05, 4.69) is 30.8 Å². The average molecular weight is 293 g/mol. The molecule has 0 aromatic carbocycles. The van der Waals surface area contributed by atoms with Gasteiger partial charge in [-0.15, -0.1) is 0 Å². The van der Waals surface area contributed by atoms with Gasteiger partial charge in [-0.2, -0.15) is 5.10 Å². The lowest BCUT2D eigenvalue weighted by molar-refractivity contribution is -0.137. The number of hydrogen-bond acceptors (Lipinski definition) is 3. The molecular formula is C16H27N3O2. The van der Waals surface area contributed by atoms with Crippen molar-refractivity contribution >= 4 is 5.97 Å². The molecule has 21 heavy (non-hydrogen) atoms. The molecule has 1 aliphatic rings. The fourth-order valence-corrected chi connectivity index (χ4v) is 3.53. The Kier molecular flexibility index (Phi) is 5.04. The molecule has 0 spiro atoms. The number of aliphatic carboxylic acids is 1. The van der Waals surface area contributed by atoms with E-state index in [4.69, 9.17) is 5.11 Å². The minimum Gasteiger partial charge on any atom is -0.481 e. The Balaban J connectivity index is 1.94. The largest absolute Gasteiger partial charge is 0.481 e. The molecule has 1 saturated heterocycles. The summed E-state index contributed by atoms with van der Waals surface area (Å²) in [6, 6.07) is 0.388. The van der Waals surface area contributed by atoms with E-state index in [1.54, 1.807) is 0 Å². The van der Waals surface area contributed by atoms with E-state index in [1.165, 1.54) is 11.3 Å². The Morgan fingerprint density at radius 1 is 1.38 bits per heavy atom. The normalized spacial score (nSPS) is 18.9. The first-order valence-electron chi connectivity index (χ1n) is 7.86. The number of likely N-dealkylation sites (tertiary alicyclic amines) is 1. The highest BCUT2D eigenvalue weighted by Gasteiger charge is 2.26. The molecule has 5 nitrogen and oxygen atoms in total. The molecule has 0 bridgehead atoms. The summed E-state index contributed by atoms with van der Waals surface area (Å²) in [6.45, 7) is 8.58. The van der Waals surface area contributed by atoms with Crippen LogP contribution >= 0.6 is 0 Å². The lowest BCUT2D eigenvalue weighted by Gasteiger charge is -2.36. The third kappa shape index (κ3) is 3.64. The first kappa shape index (κ1) is 16.0. The van der Waals surface area contributed by atoms with Crippen molar-refractivity contribution < 1.29 is 9.90 Å². The SMILES string of the molecule is Cc1nn(C)c(C)c1C(C)N1CCC(CCC(=O)O)CC1. The van der Waals surface area contributed by atoms with Gasteiger partial charge in [0.25, 0.3) is 0 Å². The minimum absolute atomic E-state index is 0.307. The summed E-state index contributed by atoms with van der Waals surface area (Å²) in [5, 5.41) is 13.3. The van der Waals surface area contributed by atoms with Crippen molar-refractivity contribution in [3.63, 3.8) is 0 Å². The molecule has 1 atom stereocenters. The maximum absolute atomic E-state index is 10.7. The maximum atomic E-state index is 10.7. The van der Waals surface area contributed by atoms with Gasteiger partial charge in [0, 0.05) is 30.8 Å². The molecule has 1 aliphatic heterocycles. The second kappa shape index (κ2) is 6.60. The Morgan fingerprint density at radius 2 is 2.00 bits per heavy atom. The fourth-order valence-electron chi connectivity index (χ4n) is 3.53. The predicted molar refractivity (Wildman–Crippen MR) is 82.3 cm³/mol. The Labute approximate surface area is 126 Å². The highest BCUT2D eigenvalue weighted by Crippen LogP contribution is 2.31. The van der Waals surface area contributed by atoms with Gasteiger partial charge in [0.1, 0.15) is 0 Å². The van der Waals surface area contributed by atoms with Crippen molar-refractivity contribution in [2.75, 3.05) is 13.1 Å². The molecular weight excluding hydrogens is 266 g/mol. The molecule has 1 unspecified atom stereocenters. The zero-order valence-corrected chi connectivity index (χ0v) is 13.6. The van der Waals surface area contributed by atoms with Gasteiger partial charge in [0.15, 0.2) is 0 Å². The van der Waals surface area contributed by atoms with Crippen LogP contribution in [0.1, 0.15) is 55.6 Å². The summed E-state index contributed by atoms with van der Waals surface area (Å²) >= 11 is 0. The van der Waals surface area contributed by atoms with Gasteiger partial charge in [-0.25, -0.2) is 0 Å². The van der Waals surface area contributed by atoms with Crippen molar-refractivity contribution in [2.24, 2.45) is 13.0 Å². The van der Waals surface area contributed by atoms with Crippen LogP contribution in [-0.2, 0) is 11.8 Å². The van der Waals surface area contributed by atoms with E-state index in [-0.39, 0.29) is 0 Å². The van der Waals surface area contributed by atoms with E-state index in [0.717, 1.165) is 38.0 Å². The van der Waals surface area contributed by atoms with Gasteiger partial charge < -0.3 is 5.11 Å². The molecule has 1 fully saturated rings. The summed E-state index contributed by atoms with van der Waals surface area (Å²) < 4.78 is 1.96. The lowest BCUT2D eigenvalue weighted by Crippen LogP contribution is -2.36. The molecule has 0 aliphatic carbocycles. The highest BCUT2D eigenvalue weighted by molar-refractivity contribution is 5.66. The van der Waals surface area contributed by atoms with Gasteiger partial charge in [-0.05, 0) is 59.0 Å². The second-order valence-corrected chi connectivity index (χ2v) is 6.30. The quantitative estimate of drug-likeness (QED) is 0.907. The topological polar surface area (TPSA) is 58.4 Å². The van der Waals surface area contributed by atoms with Gasteiger partial charge in [-0.3, -0.25) is 14.4 Å². The van der Waals surface area contributed by atoms with E-state index >= 15 is 0 Å². The highest BCUT2D eigenvalue weighted by atomic mass is 16.4. The Bertz CT molecular complexity index is 502. The zero-order chi connectivity index (χ0) is 15.6. The molecule has 0 saturated carbocycles. The summed E-state index contributed by atoms with van der Waals surface area (Å²) in [6.07, 6.45) is 3.34. The van der Waals surface area contributed by atoms with Crippen molar-refractivity contribution in [3.8, 4) is 0 Å². The van der Waals surface area contributed by atoms with Crippen LogP contribution in [0.15, 0.2) is 0 Å². The number of piperidine rings is 1. The first-order chi connectivity index (χ1) is 9.90. The van der Waals surface area contributed by atoms with Crippen LogP contribution in [0.25, 0.3) is 0 Å². The number of carboxylic acids is 1. The molecule has 1 aromatic rings. The Hall–Kier alpha value is -1.36. The smallest absolute Gasteiger partial charge is 0.303 e. The summed E-state index contributed by atoms with van der Waals surface area (Å²) in [5.74, 6) is -0.104. The van der Waals surface area contributed by atoms with Gasteiger partial charge in [-0.1, -0.05) is 0 Å². The standard InChI is InChI=1S/C16H27N3O2/c1-11-16(12(2)18(4)17-11)13(3)19-9-7-14(8-10-19)5-6-15(20)21/h13-14H,5-10H2,1-4H3,(H,20,21). The third-order valence-electron chi connectivity index (χ3n) is 4.95. The molecule has 5 heteroatoms. The van der Waals surface area contributed by atoms with E-state index in [1.807, 2.05) is 11.7 Å². The van der Waals surface area contributed by atoms with E-state index < -0.39 is 5.97 Å². The number of carboxylic acid groups (broad SMARTS) is 1. The molecule has 0 radical (unpaired) electrons. The van der Waals surface area contributed by atoms with Crippen LogP contribution in [0.4, 0.5) is 0 Å².